The Hall–Kier alpha value is -4.12. The van der Waals surface area contributed by atoms with E-state index < -0.39 is 0 Å². The molecule has 0 atom stereocenters. The van der Waals surface area contributed by atoms with Crippen LogP contribution in [0.1, 0.15) is 124 Å². The zero-order chi connectivity index (χ0) is 34.0. The van der Waals surface area contributed by atoms with Crippen LogP contribution in [0.15, 0.2) is 97.3 Å². The number of benzene rings is 3. The molecular formula is C43H56N2O3. The van der Waals surface area contributed by atoms with E-state index in [1.807, 2.05) is 31.3 Å². The fourth-order valence-corrected chi connectivity index (χ4v) is 6.46. The molecule has 0 saturated heterocycles. The van der Waals surface area contributed by atoms with Crippen LogP contribution in [0.4, 0.5) is 5.69 Å². The molecule has 1 heterocycles. The molecule has 5 nitrogen and oxygen atoms in total. The summed E-state index contributed by atoms with van der Waals surface area (Å²) in [5.41, 5.74) is 6.33. The molecule has 0 saturated carbocycles. The van der Waals surface area contributed by atoms with Crippen molar-refractivity contribution in [2.75, 3.05) is 11.9 Å². The molecule has 0 amide bonds. The van der Waals surface area contributed by atoms with Gasteiger partial charge in [-0.15, -0.1) is 0 Å². The molecule has 0 aliphatic heterocycles. The molecule has 0 spiro atoms. The molecule has 3 aromatic carbocycles. The van der Waals surface area contributed by atoms with E-state index in [2.05, 4.69) is 96.7 Å². The van der Waals surface area contributed by atoms with Gasteiger partial charge in [0.15, 0.2) is 5.78 Å². The molecule has 0 bridgehead atoms. The molecule has 0 radical (unpaired) electrons. The quantitative estimate of drug-likeness (QED) is 0.0523. The molecule has 5 heteroatoms. The highest BCUT2D eigenvalue weighted by molar-refractivity contribution is 6.10. The number of aryl methyl sites for hydroxylation is 3. The summed E-state index contributed by atoms with van der Waals surface area (Å²) in [5.74, 6) is 0.0848. The smallest absolute Gasteiger partial charge is 0.305 e. The molecule has 0 fully saturated rings. The number of hydrogen-bond donors (Lipinski definition) is 1. The van der Waals surface area contributed by atoms with Crippen LogP contribution in [0.25, 0.3) is 0 Å². The van der Waals surface area contributed by atoms with Gasteiger partial charge in [-0.2, -0.15) is 0 Å². The molecule has 4 rings (SSSR count). The highest BCUT2D eigenvalue weighted by Gasteiger charge is 2.19. The topological polar surface area (TPSA) is 60.3 Å². The molecule has 48 heavy (non-hydrogen) atoms. The average Bonchev–Trinajstić information content (AvgIpc) is 3.53. The van der Waals surface area contributed by atoms with Gasteiger partial charge in [-0.1, -0.05) is 112 Å². The van der Waals surface area contributed by atoms with Gasteiger partial charge in [-0.25, -0.2) is 0 Å². The summed E-state index contributed by atoms with van der Waals surface area (Å²) in [4.78, 5) is 25.7. The summed E-state index contributed by atoms with van der Waals surface area (Å²) in [6.07, 6.45) is 16.8. The number of carbonyl (C=O) groups is 2. The normalized spacial score (nSPS) is 11.3. The molecular weight excluding hydrogens is 592 g/mol. The number of ether oxygens (including phenoxy) is 1. The monoisotopic (exact) mass is 648 g/mol. The molecule has 256 valence electrons. The van der Waals surface area contributed by atoms with E-state index in [0.29, 0.717) is 37.6 Å². The standard InChI is InChI=1S/C43H56N2O3/c1-4-48-42(46)29-18-30-45-32-40(34(2)3)41(33-45)43(47)37-25-17-28-39(31-37)44-38(26-15-7-13-23-35-19-9-5-10-20-35)27-16-8-14-24-36-21-11-6-12-22-36/h5-6,9-12,17,19-22,25,28,31-34,38,44H,4,7-8,13-16,18,23-24,26-27,29-30H2,1-3H3. The highest BCUT2D eigenvalue weighted by Crippen LogP contribution is 2.26. The van der Waals surface area contributed by atoms with Crippen molar-refractivity contribution in [3.05, 3.63) is 125 Å². The van der Waals surface area contributed by atoms with Crippen LogP contribution in [0, 0.1) is 0 Å². The summed E-state index contributed by atoms with van der Waals surface area (Å²) >= 11 is 0. The third kappa shape index (κ3) is 12.5. The first kappa shape index (κ1) is 36.7. The summed E-state index contributed by atoms with van der Waals surface area (Å²) in [6.45, 7) is 7.14. The van der Waals surface area contributed by atoms with E-state index in [1.165, 1.54) is 49.7 Å². The average molecular weight is 649 g/mol. The number of hydrogen-bond acceptors (Lipinski definition) is 4. The second-order valence-electron chi connectivity index (χ2n) is 13.3. The maximum Gasteiger partial charge on any atom is 0.305 e. The second-order valence-corrected chi connectivity index (χ2v) is 13.3. The minimum absolute atomic E-state index is 0.0462. The van der Waals surface area contributed by atoms with Gasteiger partial charge in [0.2, 0.25) is 0 Å². The Morgan fingerprint density at radius 2 is 1.35 bits per heavy atom. The highest BCUT2D eigenvalue weighted by atomic mass is 16.5. The SMILES string of the molecule is CCOC(=O)CCCn1cc(C(=O)c2cccc(NC(CCCCCc3ccccc3)CCCCCc3ccccc3)c2)c(C(C)C)c1. The Morgan fingerprint density at radius 3 is 1.94 bits per heavy atom. The van der Waals surface area contributed by atoms with Gasteiger partial charge in [0.05, 0.1) is 6.61 Å². The van der Waals surface area contributed by atoms with Crippen molar-refractivity contribution in [1.29, 1.82) is 0 Å². The number of ketones is 1. The van der Waals surface area contributed by atoms with Crippen molar-refractivity contribution >= 4 is 17.4 Å². The molecule has 0 aliphatic carbocycles. The van der Waals surface area contributed by atoms with Crippen molar-refractivity contribution in [2.24, 2.45) is 0 Å². The van der Waals surface area contributed by atoms with Gasteiger partial charge >= 0.3 is 5.97 Å². The van der Waals surface area contributed by atoms with Crippen molar-refractivity contribution in [3.8, 4) is 0 Å². The molecule has 0 aliphatic rings. The lowest BCUT2D eigenvalue weighted by Gasteiger charge is -2.21. The van der Waals surface area contributed by atoms with Crippen LogP contribution in [-0.4, -0.2) is 29.0 Å². The van der Waals surface area contributed by atoms with Gasteiger partial charge in [0.25, 0.3) is 0 Å². The molecule has 1 N–H and O–H groups in total. The Bertz CT molecular complexity index is 1460. The zero-order valence-electron chi connectivity index (χ0n) is 29.5. The van der Waals surface area contributed by atoms with Crippen molar-refractivity contribution in [2.45, 2.75) is 116 Å². The van der Waals surface area contributed by atoms with Crippen LogP contribution in [0.5, 0.6) is 0 Å². The van der Waals surface area contributed by atoms with Crippen LogP contribution < -0.4 is 5.32 Å². The lowest BCUT2D eigenvalue weighted by atomic mass is 9.96. The first-order valence-corrected chi connectivity index (χ1v) is 18.3. The number of esters is 1. The maximum absolute atomic E-state index is 13.9. The summed E-state index contributed by atoms with van der Waals surface area (Å²) in [7, 11) is 0. The lowest BCUT2D eigenvalue weighted by molar-refractivity contribution is -0.143. The second kappa shape index (κ2) is 20.3. The number of nitrogens with one attached hydrogen (secondary N) is 1. The molecule has 0 unspecified atom stereocenters. The van der Waals surface area contributed by atoms with E-state index in [9.17, 15) is 9.59 Å². The van der Waals surface area contributed by atoms with Crippen LogP contribution in [-0.2, 0) is 28.9 Å². The summed E-state index contributed by atoms with van der Waals surface area (Å²) in [6, 6.07) is 30.0. The van der Waals surface area contributed by atoms with Crippen LogP contribution in [0.3, 0.4) is 0 Å². The van der Waals surface area contributed by atoms with Crippen LogP contribution in [0.2, 0.25) is 0 Å². The Kier molecular flexibility index (Phi) is 15.5. The fraction of sp³-hybridized carbons (Fsp3) is 0.442. The predicted molar refractivity (Wildman–Crippen MR) is 199 cm³/mol. The third-order valence-electron chi connectivity index (χ3n) is 9.10. The number of nitrogens with zero attached hydrogens (tertiary/aromatic N) is 1. The first-order chi connectivity index (χ1) is 23.4. The van der Waals surface area contributed by atoms with Gasteiger partial charge < -0.3 is 14.6 Å². The van der Waals surface area contributed by atoms with Gasteiger partial charge in [-0.3, -0.25) is 9.59 Å². The Balaban J connectivity index is 1.37. The number of anilines is 1. The van der Waals surface area contributed by atoms with E-state index in [1.54, 1.807) is 0 Å². The minimum atomic E-state index is -0.174. The number of carbonyl (C=O) groups excluding carboxylic acids is 2. The fourth-order valence-electron chi connectivity index (χ4n) is 6.46. The van der Waals surface area contributed by atoms with Gasteiger partial charge in [0.1, 0.15) is 0 Å². The van der Waals surface area contributed by atoms with E-state index in [-0.39, 0.29) is 17.7 Å². The van der Waals surface area contributed by atoms with Crippen molar-refractivity contribution in [3.63, 3.8) is 0 Å². The molecule has 1 aromatic heterocycles. The summed E-state index contributed by atoms with van der Waals surface area (Å²) in [5, 5.41) is 3.83. The predicted octanol–water partition coefficient (Wildman–Crippen LogP) is 10.6. The Morgan fingerprint density at radius 1 is 0.729 bits per heavy atom. The summed E-state index contributed by atoms with van der Waals surface area (Å²) < 4.78 is 7.12. The first-order valence-electron chi connectivity index (χ1n) is 18.3. The van der Waals surface area contributed by atoms with Gasteiger partial charge in [-0.05, 0) is 86.6 Å². The minimum Gasteiger partial charge on any atom is -0.466 e. The lowest BCUT2D eigenvalue weighted by Crippen LogP contribution is -2.20. The van der Waals surface area contributed by atoms with Gasteiger partial charge in [0, 0.05) is 48.2 Å². The van der Waals surface area contributed by atoms with Crippen molar-refractivity contribution < 1.29 is 14.3 Å². The largest absolute Gasteiger partial charge is 0.466 e. The van der Waals surface area contributed by atoms with E-state index >= 15 is 0 Å². The number of rotatable bonds is 22. The Labute approximate surface area is 289 Å². The van der Waals surface area contributed by atoms with E-state index in [0.717, 1.165) is 42.5 Å². The number of unbranched alkanes of at least 4 members (excludes halogenated alkanes) is 4. The molecule has 4 aromatic rings. The maximum atomic E-state index is 13.9. The van der Waals surface area contributed by atoms with Crippen LogP contribution >= 0.6 is 0 Å². The zero-order valence-corrected chi connectivity index (χ0v) is 29.5. The van der Waals surface area contributed by atoms with Crippen molar-refractivity contribution in [1.82, 2.24) is 4.57 Å². The van der Waals surface area contributed by atoms with E-state index in [4.69, 9.17) is 4.74 Å². The number of aromatic nitrogens is 1. The third-order valence-corrected chi connectivity index (χ3v) is 9.10.